The van der Waals surface area contributed by atoms with Gasteiger partial charge in [0.1, 0.15) is 5.69 Å². The summed E-state index contributed by atoms with van der Waals surface area (Å²) in [5, 5.41) is 2.91. The SMILES string of the molecule is Cc1ccccc1CNC(=O)c1cnc(N2CCc3ccccc32)cn1. The number of hydrogen-bond donors (Lipinski definition) is 1. The number of rotatable bonds is 4. The predicted molar refractivity (Wildman–Crippen MR) is 102 cm³/mol. The average molecular weight is 344 g/mol. The minimum Gasteiger partial charge on any atom is -0.347 e. The van der Waals surface area contributed by atoms with E-state index in [1.807, 2.05) is 37.3 Å². The first kappa shape index (κ1) is 16.3. The summed E-state index contributed by atoms with van der Waals surface area (Å²) in [7, 11) is 0. The van der Waals surface area contributed by atoms with Gasteiger partial charge in [-0.05, 0) is 36.1 Å². The molecule has 0 aliphatic carbocycles. The number of benzene rings is 2. The highest BCUT2D eigenvalue weighted by Gasteiger charge is 2.21. The largest absolute Gasteiger partial charge is 0.347 e. The minimum atomic E-state index is -0.214. The molecule has 0 fully saturated rings. The van der Waals surface area contributed by atoms with Crippen LogP contribution in [0.1, 0.15) is 27.2 Å². The number of nitrogens with one attached hydrogen (secondary N) is 1. The number of fused-ring (bicyclic) bond motifs is 1. The van der Waals surface area contributed by atoms with Crippen LogP contribution in [0.3, 0.4) is 0 Å². The van der Waals surface area contributed by atoms with Crippen LogP contribution >= 0.6 is 0 Å². The Balaban J connectivity index is 1.45. The maximum atomic E-state index is 12.3. The summed E-state index contributed by atoms with van der Waals surface area (Å²) in [5.41, 5.74) is 5.06. The first-order chi connectivity index (χ1) is 12.7. The molecular weight excluding hydrogens is 324 g/mol. The Morgan fingerprint density at radius 1 is 1.08 bits per heavy atom. The third-order valence-corrected chi connectivity index (χ3v) is 4.74. The van der Waals surface area contributed by atoms with E-state index in [4.69, 9.17) is 0 Å². The normalized spacial score (nSPS) is 12.7. The molecule has 5 nitrogen and oxygen atoms in total. The lowest BCUT2D eigenvalue weighted by molar-refractivity contribution is 0.0945. The van der Waals surface area contributed by atoms with Crippen molar-refractivity contribution in [3.05, 3.63) is 83.3 Å². The van der Waals surface area contributed by atoms with Crippen LogP contribution in [-0.2, 0) is 13.0 Å². The van der Waals surface area contributed by atoms with Crippen molar-refractivity contribution in [3.8, 4) is 0 Å². The summed E-state index contributed by atoms with van der Waals surface area (Å²) >= 11 is 0. The fourth-order valence-electron chi connectivity index (χ4n) is 3.23. The molecule has 1 aromatic heterocycles. The molecule has 4 rings (SSSR count). The van der Waals surface area contributed by atoms with Crippen molar-refractivity contribution in [2.24, 2.45) is 0 Å². The number of anilines is 2. The van der Waals surface area contributed by atoms with E-state index in [0.29, 0.717) is 12.2 Å². The van der Waals surface area contributed by atoms with Crippen LogP contribution in [0.25, 0.3) is 0 Å². The molecule has 1 aliphatic heterocycles. The molecule has 5 heteroatoms. The molecule has 26 heavy (non-hydrogen) atoms. The first-order valence-electron chi connectivity index (χ1n) is 8.72. The lowest BCUT2D eigenvalue weighted by Gasteiger charge is -2.17. The van der Waals surface area contributed by atoms with Gasteiger partial charge in [-0.1, -0.05) is 42.5 Å². The number of nitrogens with zero attached hydrogens (tertiary/aromatic N) is 3. The highest BCUT2D eigenvalue weighted by Crippen LogP contribution is 2.32. The van der Waals surface area contributed by atoms with E-state index in [9.17, 15) is 4.79 Å². The van der Waals surface area contributed by atoms with Crippen molar-refractivity contribution in [2.45, 2.75) is 19.9 Å². The van der Waals surface area contributed by atoms with Gasteiger partial charge in [0.2, 0.25) is 0 Å². The maximum Gasteiger partial charge on any atom is 0.271 e. The van der Waals surface area contributed by atoms with E-state index >= 15 is 0 Å². The molecule has 0 radical (unpaired) electrons. The summed E-state index contributed by atoms with van der Waals surface area (Å²) < 4.78 is 0. The summed E-state index contributed by atoms with van der Waals surface area (Å²) in [6, 6.07) is 16.3. The molecule has 1 amide bonds. The van der Waals surface area contributed by atoms with Gasteiger partial charge >= 0.3 is 0 Å². The van der Waals surface area contributed by atoms with Gasteiger partial charge in [-0.3, -0.25) is 4.79 Å². The van der Waals surface area contributed by atoms with Crippen molar-refractivity contribution in [1.29, 1.82) is 0 Å². The zero-order valence-corrected chi connectivity index (χ0v) is 14.6. The third-order valence-electron chi connectivity index (χ3n) is 4.74. The van der Waals surface area contributed by atoms with Crippen LogP contribution in [0.5, 0.6) is 0 Å². The van der Waals surface area contributed by atoms with E-state index in [1.165, 1.54) is 11.3 Å². The lowest BCUT2D eigenvalue weighted by atomic mass is 10.1. The van der Waals surface area contributed by atoms with Crippen LogP contribution in [-0.4, -0.2) is 22.4 Å². The van der Waals surface area contributed by atoms with Gasteiger partial charge in [0, 0.05) is 18.8 Å². The molecule has 3 aromatic rings. The minimum absolute atomic E-state index is 0.214. The Hall–Kier alpha value is -3.21. The van der Waals surface area contributed by atoms with Crippen LogP contribution in [0.2, 0.25) is 0 Å². The Labute approximate surface area is 152 Å². The van der Waals surface area contributed by atoms with E-state index in [2.05, 4.69) is 38.4 Å². The Kier molecular flexibility index (Phi) is 4.35. The van der Waals surface area contributed by atoms with Crippen molar-refractivity contribution in [3.63, 3.8) is 0 Å². The number of para-hydroxylation sites is 1. The molecule has 130 valence electrons. The van der Waals surface area contributed by atoms with Crippen LogP contribution in [0.15, 0.2) is 60.9 Å². The molecule has 0 saturated heterocycles. The predicted octanol–water partition coefficient (Wildman–Crippen LogP) is 3.41. The second-order valence-corrected chi connectivity index (χ2v) is 6.40. The van der Waals surface area contributed by atoms with Gasteiger partial charge in [-0.25, -0.2) is 9.97 Å². The molecule has 2 aromatic carbocycles. The van der Waals surface area contributed by atoms with Gasteiger partial charge in [0.25, 0.3) is 5.91 Å². The second kappa shape index (κ2) is 6.96. The number of aryl methyl sites for hydroxylation is 1. The fraction of sp³-hybridized carbons (Fsp3) is 0.190. The van der Waals surface area contributed by atoms with Gasteiger partial charge in [0.15, 0.2) is 5.82 Å². The Morgan fingerprint density at radius 2 is 1.88 bits per heavy atom. The van der Waals surface area contributed by atoms with Crippen LogP contribution in [0.4, 0.5) is 11.5 Å². The quantitative estimate of drug-likeness (QED) is 0.788. The van der Waals surface area contributed by atoms with Crippen molar-refractivity contribution in [2.75, 3.05) is 11.4 Å². The fourth-order valence-corrected chi connectivity index (χ4v) is 3.23. The number of hydrogen-bond acceptors (Lipinski definition) is 4. The highest BCUT2D eigenvalue weighted by atomic mass is 16.1. The maximum absolute atomic E-state index is 12.3. The zero-order chi connectivity index (χ0) is 17.9. The topological polar surface area (TPSA) is 58.1 Å². The molecule has 0 saturated carbocycles. The van der Waals surface area contributed by atoms with Gasteiger partial charge in [-0.2, -0.15) is 0 Å². The molecular formula is C21H20N4O. The standard InChI is InChI=1S/C21H20N4O/c1-15-6-2-3-8-17(15)12-24-21(26)18-13-23-20(14-22-18)25-11-10-16-7-4-5-9-19(16)25/h2-9,13-14H,10-12H2,1H3,(H,24,26). The first-order valence-corrected chi connectivity index (χ1v) is 8.72. The smallest absolute Gasteiger partial charge is 0.271 e. The number of carbonyl (C=O) groups is 1. The zero-order valence-electron chi connectivity index (χ0n) is 14.6. The molecule has 0 unspecified atom stereocenters. The molecule has 0 atom stereocenters. The summed E-state index contributed by atoms with van der Waals surface area (Å²) in [4.78, 5) is 23.2. The molecule has 2 heterocycles. The number of aromatic nitrogens is 2. The molecule has 1 aliphatic rings. The monoisotopic (exact) mass is 344 g/mol. The molecule has 1 N–H and O–H groups in total. The van der Waals surface area contributed by atoms with Crippen LogP contribution < -0.4 is 10.2 Å². The van der Waals surface area contributed by atoms with E-state index in [0.717, 1.165) is 29.9 Å². The van der Waals surface area contributed by atoms with Gasteiger partial charge in [-0.15, -0.1) is 0 Å². The van der Waals surface area contributed by atoms with E-state index in [-0.39, 0.29) is 5.91 Å². The van der Waals surface area contributed by atoms with E-state index in [1.54, 1.807) is 12.4 Å². The number of carbonyl (C=O) groups excluding carboxylic acids is 1. The van der Waals surface area contributed by atoms with Gasteiger partial charge in [0.05, 0.1) is 12.4 Å². The lowest BCUT2D eigenvalue weighted by Crippen LogP contribution is -2.25. The molecule has 0 spiro atoms. The van der Waals surface area contributed by atoms with Gasteiger partial charge < -0.3 is 10.2 Å². The average Bonchev–Trinajstić information content (AvgIpc) is 3.11. The van der Waals surface area contributed by atoms with Crippen LogP contribution in [0, 0.1) is 6.92 Å². The summed E-state index contributed by atoms with van der Waals surface area (Å²) in [6.45, 7) is 3.39. The summed E-state index contributed by atoms with van der Waals surface area (Å²) in [5.74, 6) is 0.555. The Morgan fingerprint density at radius 3 is 2.69 bits per heavy atom. The van der Waals surface area contributed by atoms with Crippen molar-refractivity contribution in [1.82, 2.24) is 15.3 Å². The second-order valence-electron chi connectivity index (χ2n) is 6.40. The van der Waals surface area contributed by atoms with Crippen molar-refractivity contribution < 1.29 is 4.79 Å². The van der Waals surface area contributed by atoms with Crippen molar-refractivity contribution >= 4 is 17.4 Å². The third kappa shape index (κ3) is 3.16. The highest BCUT2D eigenvalue weighted by molar-refractivity contribution is 5.92. The Bertz CT molecular complexity index is 937. The summed E-state index contributed by atoms with van der Waals surface area (Å²) in [6.07, 6.45) is 4.21. The molecule has 0 bridgehead atoms. The number of amides is 1. The van der Waals surface area contributed by atoms with E-state index < -0.39 is 0 Å².